The molecule has 1 aromatic heterocycles. The van der Waals surface area contributed by atoms with Gasteiger partial charge in [0.25, 0.3) is 0 Å². The van der Waals surface area contributed by atoms with Gasteiger partial charge < -0.3 is 10.4 Å². The average molecular weight is 223 g/mol. The molecule has 0 fully saturated rings. The first-order valence-electron chi connectivity index (χ1n) is 5.73. The SMILES string of the molecule is CCCc1cc(NCC(C)(C)CO)ncn1. The number of hydrogen-bond acceptors (Lipinski definition) is 4. The molecule has 16 heavy (non-hydrogen) atoms. The molecule has 0 unspecified atom stereocenters. The Balaban J connectivity index is 2.57. The van der Waals surface area contributed by atoms with Crippen molar-refractivity contribution in [2.45, 2.75) is 33.6 Å². The summed E-state index contributed by atoms with van der Waals surface area (Å²) < 4.78 is 0. The van der Waals surface area contributed by atoms with E-state index in [1.54, 1.807) is 6.33 Å². The Morgan fingerprint density at radius 3 is 2.75 bits per heavy atom. The highest BCUT2D eigenvalue weighted by molar-refractivity contribution is 5.35. The van der Waals surface area contributed by atoms with E-state index in [4.69, 9.17) is 5.11 Å². The zero-order chi connectivity index (χ0) is 12.0. The van der Waals surface area contributed by atoms with Gasteiger partial charge in [0.1, 0.15) is 12.1 Å². The van der Waals surface area contributed by atoms with Crippen LogP contribution in [0.4, 0.5) is 5.82 Å². The van der Waals surface area contributed by atoms with Crippen molar-refractivity contribution in [3.63, 3.8) is 0 Å². The number of rotatable bonds is 6. The van der Waals surface area contributed by atoms with Gasteiger partial charge in [0.2, 0.25) is 0 Å². The minimum Gasteiger partial charge on any atom is -0.396 e. The van der Waals surface area contributed by atoms with Gasteiger partial charge in [0.05, 0.1) is 0 Å². The topological polar surface area (TPSA) is 58.0 Å². The van der Waals surface area contributed by atoms with Gasteiger partial charge in [-0.15, -0.1) is 0 Å². The molecule has 1 heterocycles. The molecule has 0 spiro atoms. The molecule has 1 rings (SSSR count). The van der Waals surface area contributed by atoms with E-state index in [-0.39, 0.29) is 12.0 Å². The Hall–Kier alpha value is -1.16. The number of aliphatic hydroxyl groups excluding tert-OH is 1. The van der Waals surface area contributed by atoms with Gasteiger partial charge in [0, 0.05) is 30.3 Å². The number of hydrogen-bond donors (Lipinski definition) is 2. The number of aromatic nitrogens is 2. The highest BCUT2D eigenvalue weighted by Gasteiger charge is 2.16. The lowest BCUT2D eigenvalue weighted by molar-refractivity contribution is 0.170. The lowest BCUT2D eigenvalue weighted by Gasteiger charge is -2.22. The normalized spacial score (nSPS) is 11.5. The van der Waals surface area contributed by atoms with E-state index in [1.165, 1.54) is 0 Å². The van der Waals surface area contributed by atoms with Gasteiger partial charge in [-0.3, -0.25) is 0 Å². The number of aryl methyl sites for hydroxylation is 1. The molecule has 90 valence electrons. The van der Waals surface area contributed by atoms with E-state index >= 15 is 0 Å². The van der Waals surface area contributed by atoms with E-state index in [0.717, 1.165) is 24.4 Å². The van der Waals surface area contributed by atoms with Gasteiger partial charge >= 0.3 is 0 Å². The van der Waals surface area contributed by atoms with Crippen molar-refractivity contribution >= 4 is 5.82 Å². The zero-order valence-electron chi connectivity index (χ0n) is 10.3. The molecule has 0 atom stereocenters. The molecule has 0 aliphatic carbocycles. The lowest BCUT2D eigenvalue weighted by atomic mass is 9.95. The van der Waals surface area contributed by atoms with Crippen LogP contribution in [0.2, 0.25) is 0 Å². The number of anilines is 1. The maximum absolute atomic E-state index is 9.14. The monoisotopic (exact) mass is 223 g/mol. The van der Waals surface area contributed by atoms with Crippen LogP contribution in [-0.4, -0.2) is 28.2 Å². The van der Waals surface area contributed by atoms with Crippen LogP contribution in [0.3, 0.4) is 0 Å². The third-order valence-corrected chi connectivity index (χ3v) is 2.41. The second kappa shape index (κ2) is 5.80. The van der Waals surface area contributed by atoms with Crippen LogP contribution in [-0.2, 0) is 6.42 Å². The highest BCUT2D eigenvalue weighted by atomic mass is 16.3. The predicted molar refractivity (Wildman–Crippen MR) is 65.4 cm³/mol. The first-order valence-corrected chi connectivity index (χ1v) is 5.73. The Kier molecular flexibility index (Phi) is 4.68. The van der Waals surface area contributed by atoms with E-state index in [1.807, 2.05) is 19.9 Å². The van der Waals surface area contributed by atoms with Gasteiger partial charge in [0.15, 0.2) is 0 Å². The summed E-state index contributed by atoms with van der Waals surface area (Å²) in [4.78, 5) is 8.35. The van der Waals surface area contributed by atoms with Crippen LogP contribution in [0.1, 0.15) is 32.9 Å². The largest absolute Gasteiger partial charge is 0.396 e. The summed E-state index contributed by atoms with van der Waals surface area (Å²) >= 11 is 0. The fraction of sp³-hybridized carbons (Fsp3) is 0.667. The first-order chi connectivity index (χ1) is 7.57. The van der Waals surface area contributed by atoms with Gasteiger partial charge in [-0.2, -0.15) is 0 Å². The number of aliphatic hydroxyl groups is 1. The molecule has 0 bridgehead atoms. The Morgan fingerprint density at radius 1 is 1.38 bits per heavy atom. The summed E-state index contributed by atoms with van der Waals surface area (Å²) in [5.41, 5.74) is 0.928. The average Bonchev–Trinajstić information content (AvgIpc) is 2.28. The van der Waals surface area contributed by atoms with E-state index < -0.39 is 0 Å². The second-order valence-corrected chi connectivity index (χ2v) is 4.82. The van der Waals surface area contributed by atoms with Crippen LogP contribution < -0.4 is 5.32 Å². The van der Waals surface area contributed by atoms with Crippen LogP contribution in [0.15, 0.2) is 12.4 Å². The standard InChI is InChI=1S/C12H21N3O/c1-4-5-10-6-11(15-9-14-10)13-7-12(2,3)8-16/h6,9,16H,4-5,7-8H2,1-3H3,(H,13,14,15). The lowest BCUT2D eigenvalue weighted by Crippen LogP contribution is -2.27. The Labute approximate surface area is 97.1 Å². The summed E-state index contributed by atoms with van der Waals surface area (Å²) in [6.07, 6.45) is 3.64. The molecule has 0 aromatic carbocycles. The molecular formula is C12H21N3O. The first kappa shape index (κ1) is 12.9. The van der Waals surface area contributed by atoms with Crippen molar-refractivity contribution in [1.29, 1.82) is 0 Å². The van der Waals surface area contributed by atoms with Crippen LogP contribution in [0, 0.1) is 5.41 Å². The summed E-state index contributed by atoms with van der Waals surface area (Å²) in [5.74, 6) is 0.833. The van der Waals surface area contributed by atoms with Crippen molar-refractivity contribution in [2.75, 3.05) is 18.5 Å². The molecular weight excluding hydrogens is 202 g/mol. The van der Waals surface area contributed by atoms with Gasteiger partial charge in [-0.1, -0.05) is 27.2 Å². The molecule has 0 saturated carbocycles. The zero-order valence-corrected chi connectivity index (χ0v) is 10.3. The van der Waals surface area contributed by atoms with E-state index in [2.05, 4.69) is 22.2 Å². The third kappa shape index (κ3) is 4.14. The molecule has 0 saturated heterocycles. The summed E-state index contributed by atoms with van der Waals surface area (Å²) in [5, 5.41) is 12.4. The van der Waals surface area contributed by atoms with Crippen molar-refractivity contribution in [3.8, 4) is 0 Å². The molecule has 4 nitrogen and oxygen atoms in total. The van der Waals surface area contributed by atoms with Gasteiger partial charge in [-0.25, -0.2) is 9.97 Å². The van der Waals surface area contributed by atoms with Crippen LogP contribution in [0.25, 0.3) is 0 Å². The van der Waals surface area contributed by atoms with Crippen molar-refractivity contribution in [3.05, 3.63) is 18.1 Å². The summed E-state index contributed by atoms with van der Waals surface area (Å²) in [6, 6.07) is 1.97. The fourth-order valence-corrected chi connectivity index (χ4v) is 1.27. The van der Waals surface area contributed by atoms with Gasteiger partial charge in [-0.05, 0) is 6.42 Å². The van der Waals surface area contributed by atoms with E-state index in [0.29, 0.717) is 6.54 Å². The third-order valence-electron chi connectivity index (χ3n) is 2.41. The molecule has 0 amide bonds. The second-order valence-electron chi connectivity index (χ2n) is 4.82. The quantitative estimate of drug-likeness (QED) is 0.773. The minimum absolute atomic E-state index is 0.129. The Bertz CT molecular complexity index is 326. The van der Waals surface area contributed by atoms with Crippen molar-refractivity contribution < 1.29 is 5.11 Å². The summed E-state index contributed by atoms with van der Waals surface area (Å²) in [7, 11) is 0. The minimum atomic E-state index is -0.129. The Morgan fingerprint density at radius 2 is 2.12 bits per heavy atom. The fourth-order valence-electron chi connectivity index (χ4n) is 1.27. The molecule has 4 heteroatoms. The maximum Gasteiger partial charge on any atom is 0.129 e. The van der Waals surface area contributed by atoms with Crippen LogP contribution >= 0.6 is 0 Å². The molecule has 1 aromatic rings. The van der Waals surface area contributed by atoms with Crippen molar-refractivity contribution in [1.82, 2.24) is 9.97 Å². The molecule has 0 aliphatic rings. The smallest absolute Gasteiger partial charge is 0.129 e. The summed E-state index contributed by atoms with van der Waals surface area (Å²) in [6.45, 7) is 7.01. The van der Waals surface area contributed by atoms with Crippen molar-refractivity contribution in [2.24, 2.45) is 5.41 Å². The van der Waals surface area contributed by atoms with Crippen LogP contribution in [0.5, 0.6) is 0 Å². The maximum atomic E-state index is 9.14. The van der Waals surface area contributed by atoms with E-state index in [9.17, 15) is 0 Å². The molecule has 0 radical (unpaired) electrons. The highest BCUT2D eigenvalue weighted by Crippen LogP contribution is 2.15. The number of nitrogens with zero attached hydrogens (tertiary/aromatic N) is 2. The predicted octanol–water partition coefficient (Wildman–Crippen LogP) is 1.86. The molecule has 2 N–H and O–H groups in total. The number of nitrogens with one attached hydrogen (secondary N) is 1. The molecule has 0 aliphatic heterocycles.